The standard InChI is InChI=1S/C16H13N3O2/c20-11-14-10-19(18-17-14)15-6-8-16(9-7-15)21-12-13-4-2-1-3-5-13/h1-11H,12H2. The molecule has 0 spiro atoms. The van der Waals surface area contributed by atoms with Gasteiger partial charge in [0.25, 0.3) is 0 Å². The molecule has 0 aliphatic rings. The Morgan fingerprint density at radius 3 is 2.48 bits per heavy atom. The first-order valence-corrected chi connectivity index (χ1v) is 6.50. The summed E-state index contributed by atoms with van der Waals surface area (Å²) >= 11 is 0. The smallest absolute Gasteiger partial charge is 0.171 e. The molecule has 0 aliphatic carbocycles. The van der Waals surface area contributed by atoms with Crippen LogP contribution < -0.4 is 4.74 Å². The highest BCUT2D eigenvalue weighted by atomic mass is 16.5. The van der Waals surface area contributed by atoms with E-state index < -0.39 is 0 Å². The molecule has 0 bridgehead atoms. The third-order valence-corrected chi connectivity index (χ3v) is 2.98. The summed E-state index contributed by atoms with van der Waals surface area (Å²) in [6, 6.07) is 17.4. The van der Waals surface area contributed by atoms with Gasteiger partial charge in [0, 0.05) is 0 Å². The van der Waals surface area contributed by atoms with Gasteiger partial charge in [-0.1, -0.05) is 35.5 Å². The van der Waals surface area contributed by atoms with Gasteiger partial charge in [0.2, 0.25) is 0 Å². The Hall–Kier alpha value is -2.95. The Bertz CT molecular complexity index is 721. The fraction of sp³-hybridized carbons (Fsp3) is 0.0625. The summed E-state index contributed by atoms with van der Waals surface area (Å²) in [6.45, 7) is 0.527. The van der Waals surface area contributed by atoms with Crippen LogP contribution in [0.25, 0.3) is 5.69 Å². The molecular weight excluding hydrogens is 266 g/mol. The van der Waals surface area contributed by atoms with Crippen molar-refractivity contribution in [3.8, 4) is 11.4 Å². The lowest BCUT2D eigenvalue weighted by Crippen LogP contribution is -1.97. The van der Waals surface area contributed by atoms with Gasteiger partial charge in [-0.3, -0.25) is 4.79 Å². The summed E-state index contributed by atoms with van der Waals surface area (Å²) in [5, 5.41) is 7.60. The highest BCUT2D eigenvalue weighted by molar-refractivity contribution is 5.70. The molecule has 0 saturated carbocycles. The number of ether oxygens (including phenoxy) is 1. The highest BCUT2D eigenvalue weighted by Gasteiger charge is 2.02. The molecule has 0 saturated heterocycles. The topological polar surface area (TPSA) is 57.0 Å². The number of nitrogens with zero attached hydrogens (tertiary/aromatic N) is 3. The molecule has 2 aromatic carbocycles. The second-order valence-electron chi connectivity index (χ2n) is 4.47. The van der Waals surface area contributed by atoms with E-state index in [1.807, 2.05) is 54.6 Å². The number of hydrogen-bond acceptors (Lipinski definition) is 4. The van der Waals surface area contributed by atoms with E-state index in [4.69, 9.17) is 4.74 Å². The van der Waals surface area contributed by atoms with Crippen LogP contribution in [0.15, 0.2) is 60.8 Å². The fourth-order valence-electron chi connectivity index (χ4n) is 1.89. The maximum absolute atomic E-state index is 10.6. The summed E-state index contributed by atoms with van der Waals surface area (Å²) < 4.78 is 7.25. The fourth-order valence-corrected chi connectivity index (χ4v) is 1.89. The number of carbonyl (C=O) groups excluding carboxylic acids is 1. The Kier molecular flexibility index (Phi) is 3.73. The summed E-state index contributed by atoms with van der Waals surface area (Å²) in [4.78, 5) is 10.6. The molecule has 5 heteroatoms. The normalized spacial score (nSPS) is 10.3. The SMILES string of the molecule is O=Cc1cn(-c2ccc(OCc3ccccc3)cc2)nn1. The minimum atomic E-state index is 0.305. The van der Waals surface area contributed by atoms with Gasteiger partial charge in [0.1, 0.15) is 18.1 Å². The Labute approximate surface area is 121 Å². The van der Waals surface area contributed by atoms with Crippen molar-refractivity contribution in [2.45, 2.75) is 6.61 Å². The van der Waals surface area contributed by atoms with Crippen LogP contribution in [0.5, 0.6) is 5.75 Å². The molecule has 0 N–H and O–H groups in total. The Balaban J connectivity index is 1.68. The van der Waals surface area contributed by atoms with Crippen molar-refractivity contribution in [3.05, 3.63) is 72.1 Å². The van der Waals surface area contributed by atoms with E-state index in [-0.39, 0.29) is 0 Å². The van der Waals surface area contributed by atoms with Crippen molar-refractivity contribution in [3.63, 3.8) is 0 Å². The van der Waals surface area contributed by atoms with E-state index in [0.717, 1.165) is 17.0 Å². The van der Waals surface area contributed by atoms with Gasteiger partial charge in [-0.2, -0.15) is 0 Å². The molecule has 0 amide bonds. The van der Waals surface area contributed by atoms with Crippen LogP contribution in [0.3, 0.4) is 0 Å². The average molecular weight is 279 g/mol. The first-order valence-electron chi connectivity index (χ1n) is 6.50. The molecule has 0 fully saturated rings. The molecule has 5 nitrogen and oxygen atoms in total. The van der Waals surface area contributed by atoms with Crippen LogP contribution in [-0.4, -0.2) is 21.3 Å². The number of aldehydes is 1. The van der Waals surface area contributed by atoms with Crippen LogP contribution in [0, 0.1) is 0 Å². The van der Waals surface area contributed by atoms with Crippen LogP contribution in [0.4, 0.5) is 0 Å². The second kappa shape index (κ2) is 6.00. The van der Waals surface area contributed by atoms with Gasteiger partial charge in [-0.15, -0.1) is 5.10 Å². The quantitative estimate of drug-likeness (QED) is 0.674. The summed E-state index contributed by atoms with van der Waals surface area (Å²) in [5.41, 5.74) is 2.25. The van der Waals surface area contributed by atoms with Crippen molar-refractivity contribution in [2.75, 3.05) is 0 Å². The van der Waals surface area contributed by atoms with Crippen LogP contribution >= 0.6 is 0 Å². The van der Waals surface area contributed by atoms with Gasteiger partial charge >= 0.3 is 0 Å². The van der Waals surface area contributed by atoms with Crippen molar-refractivity contribution >= 4 is 6.29 Å². The Morgan fingerprint density at radius 1 is 1.05 bits per heavy atom. The van der Waals surface area contributed by atoms with E-state index in [2.05, 4.69) is 10.3 Å². The predicted octanol–water partition coefficient (Wildman–Crippen LogP) is 2.66. The highest BCUT2D eigenvalue weighted by Crippen LogP contribution is 2.16. The lowest BCUT2D eigenvalue weighted by molar-refractivity contribution is 0.111. The third kappa shape index (κ3) is 3.14. The third-order valence-electron chi connectivity index (χ3n) is 2.98. The molecule has 0 unspecified atom stereocenters. The van der Waals surface area contributed by atoms with E-state index in [1.54, 1.807) is 10.9 Å². The maximum atomic E-state index is 10.6. The molecule has 21 heavy (non-hydrogen) atoms. The number of rotatable bonds is 5. The van der Waals surface area contributed by atoms with E-state index in [9.17, 15) is 4.79 Å². The van der Waals surface area contributed by atoms with E-state index in [1.165, 1.54) is 0 Å². The van der Waals surface area contributed by atoms with E-state index >= 15 is 0 Å². The first kappa shape index (κ1) is 13.1. The zero-order valence-corrected chi connectivity index (χ0v) is 11.2. The van der Waals surface area contributed by atoms with Gasteiger partial charge in [-0.25, -0.2) is 4.68 Å². The zero-order valence-electron chi connectivity index (χ0n) is 11.2. The molecule has 0 aliphatic heterocycles. The predicted molar refractivity (Wildman–Crippen MR) is 77.5 cm³/mol. The van der Waals surface area contributed by atoms with Crippen molar-refractivity contribution < 1.29 is 9.53 Å². The molecule has 3 aromatic rings. The number of aromatic nitrogens is 3. The molecule has 1 heterocycles. The molecule has 0 atom stereocenters. The average Bonchev–Trinajstić information content (AvgIpc) is 3.03. The second-order valence-corrected chi connectivity index (χ2v) is 4.47. The zero-order chi connectivity index (χ0) is 14.5. The molecule has 104 valence electrons. The summed E-state index contributed by atoms with van der Waals surface area (Å²) in [7, 11) is 0. The minimum Gasteiger partial charge on any atom is -0.489 e. The van der Waals surface area contributed by atoms with Gasteiger partial charge in [0.15, 0.2) is 6.29 Å². The molecule has 3 rings (SSSR count). The largest absolute Gasteiger partial charge is 0.489 e. The van der Waals surface area contributed by atoms with Gasteiger partial charge in [-0.05, 0) is 29.8 Å². The lowest BCUT2D eigenvalue weighted by atomic mass is 10.2. The lowest BCUT2D eigenvalue weighted by Gasteiger charge is -2.07. The minimum absolute atomic E-state index is 0.305. The van der Waals surface area contributed by atoms with Crippen LogP contribution in [-0.2, 0) is 6.61 Å². The molecule has 0 radical (unpaired) electrons. The maximum Gasteiger partial charge on any atom is 0.171 e. The monoisotopic (exact) mass is 279 g/mol. The van der Waals surface area contributed by atoms with E-state index in [0.29, 0.717) is 18.6 Å². The van der Waals surface area contributed by atoms with Gasteiger partial charge in [0.05, 0.1) is 11.9 Å². The van der Waals surface area contributed by atoms with Crippen LogP contribution in [0.2, 0.25) is 0 Å². The molecule has 1 aromatic heterocycles. The summed E-state index contributed by atoms with van der Waals surface area (Å²) in [5.74, 6) is 0.776. The van der Waals surface area contributed by atoms with Crippen molar-refractivity contribution in [1.82, 2.24) is 15.0 Å². The number of carbonyl (C=O) groups is 1. The van der Waals surface area contributed by atoms with Gasteiger partial charge < -0.3 is 4.74 Å². The Morgan fingerprint density at radius 2 is 1.81 bits per heavy atom. The van der Waals surface area contributed by atoms with Crippen molar-refractivity contribution in [2.24, 2.45) is 0 Å². The summed E-state index contributed by atoms with van der Waals surface area (Å²) in [6.07, 6.45) is 2.24. The van der Waals surface area contributed by atoms with Crippen molar-refractivity contribution in [1.29, 1.82) is 0 Å². The van der Waals surface area contributed by atoms with Crippen LogP contribution in [0.1, 0.15) is 16.1 Å². The number of hydrogen-bond donors (Lipinski definition) is 0. The molecular formula is C16H13N3O2. The first-order chi connectivity index (χ1) is 10.3. The number of benzene rings is 2.